The summed E-state index contributed by atoms with van der Waals surface area (Å²) in [4.78, 5) is 0. The Hall–Kier alpha value is -0.970. The minimum Gasteiger partial charge on any atom is -0.324 e. The Bertz CT molecular complexity index is 293. The topological polar surface area (TPSA) is 50.1 Å². The van der Waals surface area contributed by atoms with E-state index in [-0.39, 0.29) is 11.9 Å². The third-order valence-corrected chi connectivity index (χ3v) is 2.62. The molecule has 0 spiro atoms. The fourth-order valence-corrected chi connectivity index (χ4v) is 1.69. The molecule has 0 aliphatic carbocycles. The number of nitrogens with two attached hydrogens (primary N) is 1. The molecule has 0 saturated carbocycles. The molecule has 1 heterocycles. The zero-order chi connectivity index (χ0) is 9.97. The van der Waals surface area contributed by atoms with E-state index < -0.39 is 0 Å². The second-order valence-electron chi connectivity index (χ2n) is 3.60. The van der Waals surface area contributed by atoms with Gasteiger partial charge in [0.25, 0.3) is 0 Å². The van der Waals surface area contributed by atoms with Gasteiger partial charge in [-0.15, -0.1) is 0 Å². The van der Waals surface area contributed by atoms with Gasteiger partial charge in [0, 0.05) is 25.0 Å². The predicted octanol–water partition coefficient (Wildman–Crippen LogP) is 0.549. The second kappa shape index (κ2) is 4.04. The average molecular weight is 195 g/mol. The van der Waals surface area contributed by atoms with Crippen molar-refractivity contribution in [3.8, 4) is 0 Å². The fraction of sp³-hybridized carbons (Fsp3) is 0.400. The lowest BCUT2D eigenvalue weighted by Crippen LogP contribution is -2.24. The summed E-state index contributed by atoms with van der Waals surface area (Å²) in [5, 5.41) is 0. The van der Waals surface area contributed by atoms with Gasteiger partial charge in [-0.1, -0.05) is 12.1 Å². The number of benzene rings is 1. The van der Waals surface area contributed by atoms with Gasteiger partial charge in [-0.3, -0.25) is 10.9 Å². The van der Waals surface area contributed by atoms with E-state index in [0.717, 1.165) is 18.7 Å². The van der Waals surface area contributed by atoms with Crippen molar-refractivity contribution >= 4 is 0 Å². The molecule has 0 bridgehead atoms. The first-order valence-electron chi connectivity index (χ1n) is 4.74. The van der Waals surface area contributed by atoms with E-state index in [1.807, 2.05) is 0 Å². The zero-order valence-corrected chi connectivity index (χ0v) is 7.83. The largest absolute Gasteiger partial charge is 0.324 e. The molecule has 4 N–H and O–H groups in total. The SMILES string of the molecule is NC(c1ccc(F)cc1)C1CNNC1. The number of nitrogens with one attached hydrogen (secondary N) is 2. The summed E-state index contributed by atoms with van der Waals surface area (Å²) in [5.41, 5.74) is 13.1. The lowest BCUT2D eigenvalue weighted by molar-refractivity contribution is 0.490. The quantitative estimate of drug-likeness (QED) is 0.646. The minimum absolute atomic E-state index is 0.0295. The van der Waals surface area contributed by atoms with Crippen molar-refractivity contribution in [1.29, 1.82) is 0 Å². The molecule has 1 aliphatic rings. The predicted molar refractivity (Wildman–Crippen MR) is 52.8 cm³/mol. The van der Waals surface area contributed by atoms with E-state index in [4.69, 9.17) is 5.73 Å². The normalized spacial score (nSPS) is 19.9. The van der Waals surface area contributed by atoms with E-state index >= 15 is 0 Å². The number of hydrogen-bond acceptors (Lipinski definition) is 3. The molecular weight excluding hydrogens is 181 g/mol. The maximum absolute atomic E-state index is 12.7. The summed E-state index contributed by atoms with van der Waals surface area (Å²) in [6, 6.07) is 6.37. The summed E-state index contributed by atoms with van der Waals surface area (Å²) >= 11 is 0. The van der Waals surface area contributed by atoms with Crippen molar-refractivity contribution in [2.24, 2.45) is 11.7 Å². The molecule has 76 valence electrons. The Morgan fingerprint density at radius 3 is 2.36 bits per heavy atom. The van der Waals surface area contributed by atoms with Crippen molar-refractivity contribution < 1.29 is 4.39 Å². The van der Waals surface area contributed by atoms with Crippen molar-refractivity contribution in [3.63, 3.8) is 0 Å². The van der Waals surface area contributed by atoms with Gasteiger partial charge in [0.1, 0.15) is 5.82 Å². The van der Waals surface area contributed by atoms with E-state index in [1.165, 1.54) is 12.1 Å². The summed E-state index contributed by atoms with van der Waals surface area (Å²) < 4.78 is 12.7. The zero-order valence-electron chi connectivity index (χ0n) is 7.83. The van der Waals surface area contributed by atoms with Crippen LogP contribution in [0, 0.1) is 11.7 Å². The molecule has 1 saturated heterocycles. The average Bonchev–Trinajstić information content (AvgIpc) is 2.71. The second-order valence-corrected chi connectivity index (χ2v) is 3.60. The first-order chi connectivity index (χ1) is 6.77. The van der Waals surface area contributed by atoms with Crippen LogP contribution >= 0.6 is 0 Å². The molecule has 3 nitrogen and oxygen atoms in total. The Morgan fingerprint density at radius 1 is 1.21 bits per heavy atom. The highest BCUT2D eigenvalue weighted by atomic mass is 19.1. The molecular formula is C10H14FN3. The minimum atomic E-state index is -0.219. The summed E-state index contributed by atoms with van der Waals surface area (Å²) in [6.07, 6.45) is 0. The van der Waals surface area contributed by atoms with Gasteiger partial charge in [-0.25, -0.2) is 4.39 Å². The van der Waals surface area contributed by atoms with Gasteiger partial charge in [0.2, 0.25) is 0 Å². The Kier molecular flexibility index (Phi) is 2.77. The molecule has 14 heavy (non-hydrogen) atoms. The Labute approximate surface area is 82.5 Å². The molecule has 1 fully saturated rings. The van der Waals surface area contributed by atoms with E-state index in [1.54, 1.807) is 12.1 Å². The lowest BCUT2D eigenvalue weighted by atomic mass is 9.95. The van der Waals surface area contributed by atoms with Crippen LogP contribution in [-0.4, -0.2) is 13.1 Å². The third-order valence-electron chi connectivity index (χ3n) is 2.62. The molecule has 1 aliphatic heterocycles. The third kappa shape index (κ3) is 1.92. The van der Waals surface area contributed by atoms with Gasteiger partial charge < -0.3 is 5.73 Å². The Balaban J connectivity index is 2.09. The van der Waals surface area contributed by atoms with Gasteiger partial charge in [-0.05, 0) is 17.7 Å². The maximum atomic E-state index is 12.7. The first kappa shape index (κ1) is 9.58. The van der Waals surface area contributed by atoms with Crippen molar-refractivity contribution in [1.82, 2.24) is 10.9 Å². The van der Waals surface area contributed by atoms with Crippen LogP contribution in [0.2, 0.25) is 0 Å². The van der Waals surface area contributed by atoms with Crippen LogP contribution < -0.4 is 16.6 Å². The Morgan fingerprint density at radius 2 is 1.79 bits per heavy atom. The van der Waals surface area contributed by atoms with Crippen molar-refractivity contribution in [3.05, 3.63) is 35.6 Å². The van der Waals surface area contributed by atoms with Gasteiger partial charge in [0.15, 0.2) is 0 Å². The van der Waals surface area contributed by atoms with Crippen LogP contribution in [0.1, 0.15) is 11.6 Å². The summed E-state index contributed by atoms with van der Waals surface area (Å²) in [5.74, 6) is 0.157. The first-order valence-corrected chi connectivity index (χ1v) is 4.74. The van der Waals surface area contributed by atoms with Crippen molar-refractivity contribution in [2.75, 3.05) is 13.1 Å². The maximum Gasteiger partial charge on any atom is 0.123 e. The molecule has 1 unspecified atom stereocenters. The smallest absolute Gasteiger partial charge is 0.123 e. The number of rotatable bonds is 2. The molecule has 1 atom stereocenters. The molecule has 1 aromatic rings. The van der Waals surface area contributed by atoms with Crippen LogP contribution in [0.5, 0.6) is 0 Å². The van der Waals surface area contributed by atoms with E-state index in [0.29, 0.717) is 5.92 Å². The van der Waals surface area contributed by atoms with Crippen LogP contribution in [0.15, 0.2) is 24.3 Å². The molecule has 0 radical (unpaired) electrons. The molecule has 0 aromatic heterocycles. The fourth-order valence-electron chi connectivity index (χ4n) is 1.69. The number of hydrazine groups is 1. The summed E-state index contributed by atoms with van der Waals surface area (Å²) in [7, 11) is 0. The monoisotopic (exact) mass is 195 g/mol. The van der Waals surface area contributed by atoms with Crippen LogP contribution in [0.25, 0.3) is 0 Å². The lowest BCUT2D eigenvalue weighted by Gasteiger charge is -2.17. The van der Waals surface area contributed by atoms with Crippen LogP contribution in [0.3, 0.4) is 0 Å². The number of halogens is 1. The van der Waals surface area contributed by atoms with Gasteiger partial charge in [-0.2, -0.15) is 0 Å². The van der Waals surface area contributed by atoms with Gasteiger partial charge in [0.05, 0.1) is 0 Å². The van der Waals surface area contributed by atoms with E-state index in [2.05, 4.69) is 10.9 Å². The highest BCUT2D eigenvalue weighted by molar-refractivity contribution is 5.20. The van der Waals surface area contributed by atoms with Crippen molar-refractivity contribution in [2.45, 2.75) is 6.04 Å². The number of hydrogen-bond donors (Lipinski definition) is 3. The molecule has 0 amide bonds. The molecule has 2 rings (SSSR count). The molecule has 4 heteroatoms. The van der Waals surface area contributed by atoms with Crippen LogP contribution in [-0.2, 0) is 0 Å². The van der Waals surface area contributed by atoms with Crippen LogP contribution in [0.4, 0.5) is 4.39 Å². The highest BCUT2D eigenvalue weighted by Gasteiger charge is 2.22. The highest BCUT2D eigenvalue weighted by Crippen LogP contribution is 2.20. The standard InChI is InChI=1S/C10H14FN3/c11-9-3-1-7(2-4-9)10(12)8-5-13-14-6-8/h1-4,8,10,13-14H,5-6,12H2. The summed E-state index contributed by atoms with van der Waals surface area (Å²) in [6.45, 7) is 1.72. The van der Waals surface area contributed by atoms with E-state index in [9.17, 15) is 4.39 Å². The van der Waals surface area contributed by atoms with Gasteiger partial charge >= 0.3 is 0 Å². The molecule has 1 aromatic carbocycles.